The van der Waals surface area contributed by atoms with Crippen molar-refractivity contribution in [2.75, 3.05) is 0 Å². The van der Waals surface area contributed by atoms with Crippen molar-refractivity contribution < 1.29 is 0 Å². The standard InChI is InChI=1S/C28H20N2O2/c31-27-23-17-21-13-7-8-14-22(21)18-24(23)28(32)30-26(20-11-5-2-6-12-20)16-15-25(29(27)30)19-9-3-1-4-10-19/h1-18,25-26H. The van der Waals surface area contributed by atoms with E-state index in [4.69, 9.17) is 0 Å². The molecule has 2 unspecified atom stereocenters. The second-order valence-electron chi connectivity index (χ2n) is 8.14. The van der Waals surface area contributed by atoms with Crippen molar-refractivity contribution in [2.24, 2.45) is 0 Å². The van der Waals surface area contributed by atoms with Gasteiger partial charge in [-0.1, -0.05) is 97.1 Å². The second-order valence-corrected chi connectivity index (χ2v) is 8.14. The number of hydrogen-bond donors (Lipinski definition) is 0. The first kappa shape index (κ1) is 18.6. The summed E-state index contributed by atoms with van der Waals surface area (Å²) in [5, 5.41) is 2.80. The molecule has 0 amide bonds. The van der Waals surface area contributed by atoms with E-state index in [1.165, 1.54) is 0 Å². The van der Waals surface area contributed by atoms with Crippen LogP contribution < -0.4 is 11.1 Å². The van der Waals surface area contributed by atoms with Gasteiger partial charge in [0.05, 0.1) is 22.9 Å². The Labute approximate surface area is 184 Å². The molecular formula is C28H20N2O2. The largest absolute Gasteiger partial charge is 0.274 e. The minimum Gasteiger partial charge on any atom is -0.267 e. The number of rotatable bonds is 2. The summed E-state index contributed by atoms with van der Waals surface area (Å²) in [6.45, 7) is 0. The molecule has 1 aromatic heterocycles. The van der Waals surface area contributed by atoms with Gasteiger partial charge in [0.1, 0.15) is 0 Å². The highest BCUT2D eigenvalue weighted by Crippen LogP contribution is 2.30. The van der Waals surface area contributed by atoms with Crippen LogP contribution in [-0.4, -0.2) is 9.36 Å². The Kier molecular flexibility index (Phi) is 4.18. The first-order chi connectivity index (χ1) is 15.7. The fraction of sp³-hybridized carbons (Fsp3) is 0.0714. The van der Waals surface area contributed by atoms with E-state index in [0.29, 0.717) is 10.8 Å². The minimum atomic E-state index is -0.354. The molecule has 0 bridgehead atoms. The lowest BCUT2D eigenvalue weighted by Crippen LogP contribution is -2.44. The van der Waals surface area contributed by atoms with Crippen molar-refractivity contribution in [3.8, 4) is 0 Å². The first-order valence-corrected chi connectivity index (χ1v) is 10.7. The summed E-state index contributed by atoms with van der Waals surface area (Å²) in [5.41, 5.74) is 1.60. The van der Waals surface area contributed by atoms with Crippen molar-refractivity contribution in [3.05, 3.63) is 141 Å². The molecule has 4 heteroatoms. The average Bonchev–Trinajstić information content (AvgIpc) is 2.86. The van der Waals surface area contributed by atoms with Gasteiger partial charge in [0, 0.05) is 0 Å². The summed E-state index contributed by atoms with van der Waals surface area (Å²) in [5.74, 6) is 0. The third kappa shape index (κ3) is 2.77. The van der Waals surface area contributed by atoms with Crippen LogP contribution in [0.2, 0.25) is 0 Å². The number of fused-ring (bicyclic) bond motifs is 3. The molecule has 0 saturated carbocycles. The fourth-order valence-corrected chi connectivity index (χ4v) is 4.74. The third-order valence-electron chi connectivity index (χ3n) is 6.28. The Morgan fingerprint density at radius 1 is 0.500 bits per heavy atom. The van der Waals surface area contributed by atoms with Gasteiger partial charge in [0.2, 0.25) is 0 Å². The van der Waals surface area contributed by atoms with Gasteiger partial charge in [-0.25, -0.2) is 9.36 Å². The van der Waals surface area contributed by atoms with Crippen LogP contribution in [0.1, 0.15) is 23.2 Å². The number of aromatic nitrogens is 2. The Hall–Kier alpha value is -4.18. The molecule has 0 fully saturated rings. The van der Waals surface area contributed by atoms with Gasteiger partial charge < -0.3 is 0 Å². The van der Waals surface area contributed by atoms with Crippen LogP contribution >= 0.6 is 0 Å². The van der Waals surface area contributed by atoms with Gasteiger partial charge in [-0.15, -0.1) is 0 Å². The Morgan fingerprint density at radius 2 is 0.875 bits per heavy atom. The molecule has 32 heavy (non-hydrogen) atoms. The first-order valence-electron chi connectivity index (χ1n) is 10.7. The smallest absolute Gasteiger partial charge is 0.267 e. The molecule has 0 aliphatic carbocycles. The topological polar surface area (TPSA) is 44.0 Å². The zero-order valence-corrected chi connectivity index (χ0v) is 17.3. The molecule has 0 radical (unpaired) electrons. The van der Waals surface area contributed by atoms with Crippen LogP contribution in [-0.2, 0) is 0 Å². The van der Waals surface area contributed by atoms with Crippen molar-refractivity contribution in [2.45, 2.75) is 12.1 Å². The van der Waals surface area contributed by atoms with E-state index < -0.39 is 0 Å². The predicted molar refractivity (Wildman–Crippen MR) is 128 cm³/mol. The number of allylic oxidation sites excluding steroid dienone is 2. The quantitative estimate of drug-likeness (QED) is 0.298. The molecule has 6 rings (SSSR count). The molecule has 1 aliphatic rings. The van der Waals surface area contributed by atoms with Gasteiger partial charge in [-0.05, 0) is 34.0 Å². The molecule has 0 saturated heterocycles. The normalized spacial score (nSPS) is 17.5. The fourth-order valence-electron chi connectivity index (χ4n) is 4.74. The maximum absolute atomic E-state index is 13.9. The van der Waals surface area contributed by atoms with Gasteiger partial charge in [-0.2, -0.15) is 0 Å². The van der Waals surface area contributed by atoms with Crippen molar-refractivity contribution in [1.82, 2.24) is 9.36 Å². The van der Waals surface area contributed by atoms with E-state index in [2.05, 4.69) is 0 Å². The van der Waals surface area contributed by atoms with E-state index in [-0.39, 0.29) is 23.2 Å². The highest BCUT2D eigenvalue weighted by atomic mass is 16.2. The lowest BCUT2D eigenvalue weighted by atomic mass is 9.99. The number of nitrogens with zero attached hydrogens (tertiary/aromatic N) is 2. The summed E-state index contributed by atoms with van der Waals surface area (Å²) in [7, 11) is 0. The molecule has 4 aromatic carbocycles. The lowest BCUT2D eigenvalue weighted by Gasteiger charge is -2.31. The second kappa shape index (κ2) is 7.20. The molecule has 0 spiro atoms. The van der Waals surface area contributed by atoms with Gasteiger partial charge >= 0.3 is 0 Å². The Bertz CT molecular complexity index is 1490. The molecule has 4 nitrogen and oxygen atoms in total. The predicted octanol–water partition coefficient (Wildman–Crippen LogP) is 5.07. The minimum absolute atomic E-state index is 0.163. The van der Waals surface area contributed by atoms with E-state index in [1.54, 1.807) is 9.36 Å². The summed E-state index contributed by atoms with van der Waals surface area (Å²) in [6.07, 6.45) is 4.06. The highest BCUT2D eigenvalue weighted by Gasteiger charge is 2.28. The van der Waals surface area contributed by atoms with Crippen molar-refractivity contribution in [3.63, 3.8) is 0 Å². The SMILES string of the molecule is O=c1c2cc3ccccc3cc2c(=O)n2n1C(c1ccccc1)C=CC2c1ccccc1. The van der Waals surface area contributed by atoms with Crippen LogP contribution in [0.15, 0.2) is 119 Å². The summed E-state index contributed by atoms with van der Waals surface area (Å²) < 4.78 is 3.26. The number of hydrogen-bond acceptors (Lipinski definition) is 2. The third-order valence-corrected chi connectivity index (χ3v) is 6.28. The average molecular weight is 416 g/mol. The van der Waals surface area contributed by atoms with E-state index in [0.717, 1.165) is 21.9 Å². The molecule has 2 atom stereocenters. The van der Waals surface area contributed by atoms with Gasteiger partial charge in [-0.3, -0.25) is 9.59 Å². The zero-order chi connectivity index (χ0) is 21.7. The zero-order valence-electron chi connectivity index (χ0n) is 17.3. The van der Waals surface area contributed by atoms with Gasteiger partial charge in [0.25, 0.3) is 11.1 Å². The van der Waals surface area contributed by atoms with Crippen LogP contribution in [0.25, 0.3) is 21.5 Å². The van der Waals surface area contributed by atoms with Gasteiger partial charge in [0.15, 0.2) is 0 Å². The lowest BCUT2D eigenvalue weighted by molar-refractivity contribution is 0.388. The number of benzene rings is 4. The van der Waals surface area contributed by atoms with Crippen LogP contribution in [0.4, 0.5) is 0 Å². The summed E-state index contributed by atoms with van der Waals surface area (Å²) in [4.78, 5) is 27.8. The molecule has 2 heterocycles. The molecule has 1 aliphatic heterocycles. The highest BCUT2D eigenvalue weighted by molar-refractivity contribution is 5.97. The van der Waals surface area contributed by atoms with Crippen LogP contribution in [0.5, 0.6) is 0 Å². The maximum Gasteiger partial charge on any atom is 0.274 e. The van der Waals surface area contributed by atoms with Crippen LogP contribution in [0.3, 0.4) is 0 Å². The molecule has 154 valence electrons. The maximum atomic E-state index is 13.9. The Balaban J connectivity index is 1.74. The van der Waals surface area contributed by atoms with Crippen molar-refractivity contribution in [1.29, 1.82) is 0 Å². The van der Waals surface area contributed by atoms with E-state index in [9.17, 15) is 9.59 Å². The summed E-state index contributed by atoms with van der Waals surface area (Å²) in [6, 6.07) is 30.5. The molecular weight excluding hydrogens is 396 g/mol. The van der Waals surface area contributed by atoms with E-state index in [1.807, 2.05) is 109 Å². The van der Waals surface area contributed by atoms with Crippen molar-refractivity contribution >= 4 is 21.5 Å². The van der Waals surface area contributed by atoms with E-state index >= 15 is 0 Å². The van der Waals surface area contributed by atoms with Crippen LogP contribution in [0, 0.1) is 0 Å². The summed E-state index contributed by atoms with van der Waals surface area (Å²) >= 11 is 0. The molecule has 0 N–H and O–H groups in total. The Morgan fingerprint density at radius 3 is 1.28 bits per heavy atom. The monoisotopic (exact) mass is 416 g/mol. The molecule has 5 aromatic rings.